The highest BCUT2D eigenvalue weighted by molar-refractivity contribution is 5.97. The van der Waals surface area contributed by atoms with Gasteiger partial charge in [0.25, 0.3) is 5.91 Å². The molecule has 1 heterocycles. The first-order valence-electron chi connectivity index (χ1n) is 7.10. The minimum absolute atomic E-state index is 0.0543. The lowest BCUT2D eigenvalue weighted by Gasteiger charge is -2.16. The highest BCUT2D eigenvalue weighted by Crippen LogP contribution is 2.23. The molecule has 1 aromatic carbocycles. The van der Waals surface area contributed by atoms with Crippen molar-refractivity contribution in [1.29, 1.82) is 0 Å². The van der Waals surface area contributed by atoms with Gasteiger partial charge in [-0.3, -0.25) is 9.78 Å². The number of carbonyl (C=O) groups excluding carboxylic acids is 1. The second-order valence-electron chi connectivity index (χ2n) is 4.95. The van der Waals surface area contributed by atoms with Gasteiger partial charge in [-0.25, -0.2) is 0 Å². The summed E-state index contributed by atoms with van der Waals surface area (Å²) in [4.78, 5) is 16.7. The fourth-order valence-electron chi connectivity index (χ4n) is 2.22. The molecule has 0 aliphatic rings. The van der Waals surface area contributed by atoms with Gasteiger partial charge in [0, 0.05) is 17.3 Å². The zero-order valence-electron chi connectivity index (χ0n) is 12.3. The van der Waals surface area contributed by atoms with Crippen molar-refractivity contribution in [2.24, 2.45) is 0 Å². The largest absolute Gasteiger partial charge is 0.394 e. The number of carbonyl (C=O) groups is 1. The van der Waals surface area contributed by atoms with Crippen molar-refractivity contribution < 1.29 is 9.90 Å². The quantitative estimate of drug-likeness (QED) is 0.887. The van der Waals surface area contributed by atoms with Crippen LogP contribution in [0.2, 0.25) is 0 Å². The Bertz CT molecular complexity index is 607. The monoisotopic (exact) mass is 284 g/mol. The fraction of sp³-hybridized carbons (Fsp3) is 0.294. The summed E-state index contributed by atoms with van der Waals surface area (Å²) in [5, 5.41) is 12.0. The summed E-state index contributed by atoms with van der Waals surface area (Å²) in [7, 11) is 0. The Morgan fingerprint density at radius 2 is 2.10 bits per heavy atom. The van der Waals surface area contributed by atoms with Crippen LogP contribution in [-0.2, 0) is 0 Å². The molecule has 0 spiro atoms. The number of amides is 1. The SMILES string of the molecule is CCC(CO)NC(=O)c1cccc(-c2ccccn2)c1C. The third-order valence-corrected chi connectivity index (χ3v) is 3.57. The van der Waals surface area contributed by atoms with Gasteiger partial charge in [-0.1, -0.05) is 25.1 Å². The molecular formula is C17H20N2O2. The predicted octanol–water partition coefficient (Wildman–Crippen LogP) is 2.56. The number of benzene rings is 1. The van der Waals surface area contributed by atoms with E-state index in [-0.39, 0.29) is 18.6 Å². The summed E-state index contributed by atoms with van der Waals surface area (Å²) in [6.07, 6.45) is 2.43. The first-order chi connectivity index (χ1) is 10.2. The first-order valence-corrected chi connectivity index (χ1v) is 7.10. The van der Waals surface area contributed by atoms with Crippen LogP contribution in [0.25, 0.3) is 11.3 Å². The Labute approximate surface area is 124 Å². The number of hydrogen-bond donors (Lipinski definition) is 2. The normalized spacial score (nSPS) is 12.0. The average Bonchev–Trinajstić information content (AvgIpc) is 2.53. The highest BCUT2D eigenvalue weighted by atomic mass is 16.3. The molecule has 0 saturated carbocycles. The zero-order valence-corrected chi connectivity index (χ0v) is 12.3. The van der Waals surface area contributed by atoms with Gasteiger partial charge in [-0.15, -0.1) is 0 Å². The van der Waals surface area contributed by atoms with E-state index in [2.05, 4.69) is 10.3 Å². The van der Waals surface area contributed by atoms with Gasteiger partial charge in [0.05, 0.1) is 18.3 Å². The smallest absolute Gasteiger partial charge is 0.251 e. The Hall–Kier alpha value is -2.20. The summed E-state index contributed by atoms with van der Waals surface area (Å²) in [5.41, 5.74) is 3.30. The van der Waals surface area contributed by atoms with Crippen molar-refractivity contribution in [1.82, 2.24) is 10.3 Å². The number of hydrogen-bond acceptors (Lipinski definition) is 3. The third kappa shape index (κ3) is 3.47. The van der Waals surface area contributed by atoms with E-state index in [4.69, 9.17) is 0 Å². The lowest BCUT2D eigenvalue weighted by Crippen LogP contribution is -2.37. The molecule has 0 bridgehead atoms. The second-order valence-corrected chi connectivity index (χ2v) is 4.95. The molecule has 0 aliphatic heterocycles. The van der Waals surface area contributed by atoms with E-state index in [1.807, 2.05) is 44.2 Å². The van der Waals surface area contributed by atoms with Crippen LogP contribution >= 0.6 is 0 Å². The Morgan fingerprint density at radius 3 is 2.71 bits per heavy atom. The molecule has 0 saturated heterocycles. The molecule has 110 valence electrons. The fourth-order valence-corrected chi connectivity index (χ4v) is 2.22. The van der Waals surface area contributed by atoms with Crippen LogP contribution in [-0.4, -0.2) is 28.6 Å². The molecule has 1 atom stereocenters. The van der Waals surface area contributed by atoms with Crippen LogP contribution in [0.15, 0.2) is 42.6 Å². The van der Waals surface area contributed by atoms with E-state index in [1.54, 1.807) is 12.3 Å². The van der Waals surface area contributed by atoms with Gasteiger partial charge in [0.15, 0.2) is 0 Å². The first kappa shape index (κ1) is 15.2. The lowest BCUT2D eigenvalue weighted by atomic mass is 9.99. The zero-order chi connectivity index (χ0) is 15.2. The van der Waals surface area contributed by atoms with Crippen molar-refractivity contribution in [2.45, 2.75) is 26.3 Å². The molecule has 2 rings (SSSR count). The highest BCUT2D eigenvalue weighted by Gasteiger charge is 2.15. The van der Waals surface area contributed by atoms with Crippen LogP contribution in [0.3, 0.4) is 0 Å². The van der Waals surface area contributed by atoms with E-state index >= 15 is 0 Å². The van der Waals surface area contributed by atoms with Crippen LogP contribution in [0, 0.1) is 6.92 Å². The van der Waals surface area contributed by atoms with Crippen molar-refractivity contribution in [2.75, 3.05) is 6.61 Å². The molecule has 0 radical (unpaired) electrons. The van der Waals surface area contributed by atoms with Crippen molar-refractivity contribution in [3.05, 3.63) is 53.7 Å². The minimum atomic E-state index is -0.213. The Morgan fingerprint density at radius 1 is 1.29 bits per heavy atom. The van der Waals surface area contributed by atoms with Crippen LogP contribution in [0.5, 0.6) is 0 Å². The Balaban J connectivity index is 2.32. The van der Waals surface area contributed by atoms with Crippen LogP contribution in [0.4, 0.5) is 0 Å². The van der Waals surface area contributed by atoms with Crippen molar-refractivity contribution in [3.8, 4) is 11.3 Å². The summed E-state index contributed by atoms with van der Waals surface area (Å²) in [6.45, 7) is 3.79. The molecule has 1 amide bonds. The molecule has 2 aromatic rings. The molecule has 1 aromatic heterocycles. The maximum atomic E-state index is 12.3. The summed E-state index contributed by atoms with van der Waals surface area (Å²) in [6, 6.07) is 11.1. The molecule has 21 heavy (non-hydrogen) atoms. The maximum absolute atomic E-state index is 12.3. The third-order valence-electron chi connectivity index (χ3n) is 3.57. The number of rotatable bonds is 5. The van der Waals surface area contributed by atoms with E-state index in [1.165, 1.54) is 0 Å². The summed E-state index contributed by atoms with van der Waals surface area (Å²) < 4.78 is 0. The Kier molecular flexibility index (Phi) is 5.06. The van der Waals surface area contributed by atoms with Gasteiger partial charge < -0.3 is 10.4 Å². The van der Waals surface area contributed by atoms with Crippen LogP contribution in [0.1, 0.15) is 29.3 Å². The maximum Gasteiger partial charge on any atom is 0.251 e. The molecule has 4 heteroatoms. The molecule has 0 aliphatic carbocycles. The number of nitrogens with one attached hydrogen (secondary N) is 1. The van der Waals surface area contributed by atoms with E-state index < -0.39 is 0 Å². The molecule has 2 N–H and O–H groups in total. The molecule has 0 fully saturated rings. The number of pyridine rings is 1. The van der Waals surface area contributed by atoms with Crippen molar-refractivity contribution >= 4 is 5.91 Å². The van der Waals surface area contributed by atoms with Gasteiger partial charge in [-0.05, 0) is 37.1 Å². The standard InChI is InChI=1S/C17H20N2O2/c1-3-13(11-20)19-17(21)15-8-6-7-14(12(15)2)16-9-4-5-10-18-16/h4-10,13,20H,3,11H2,1-2H3,(H,19,21). The van der Waals surface area contributed by atoms with Gasteiger partial charge in [0.2, 0.25) is 0 Å². The van der Waals surface area contributed by atoms with Gasteiger partial charge in [0.1, 0.15) is 0 Å². The number of aliphatic hydroxyl groups is 1. The van der Waals surface area contributed by atoms with E-state index in [0.717, 1.165) is 16.8 Å². The summed E-state index contributed by atoms with van der Waals surface area (Å²) in [5.74, 6) is -0.161. The van der Waals surface area contributed by atoms with E-state index in [0.29, 0.717) is 12.0 Å². The predicted molar refractivity (Wildman–Crippen MR) is 83.0 cm³/mol. The second kappa shape index (κ2) is 6.99. The topological polar surface area (TPSA) is 62.2 Å². The molecule has 1 unspecified atom stereocenters. The molecular weight excluding hydrogens is 264 g/mol. The number of nitrogens with zero attached hydrogens (tertiary/aromatic N) is 1. The van der Waals surface area contributed by atoms with E-state index in [9.17, 15) is 9.90 Å². The van der Waals surface area contributed by atoms with Crippen LogP contribution < -0.4 is 5.32 Å². The lowest BCUT2D eigenvalue weighted by molar-refractivity contribution is 0.0914. The number of aromatic nitrogens is 1. The minimum Gasteiger partial charge on any atom is -0.394 e. The number of aliphatic hydroxyl groups excluding tert-OH is 1. The van der Waals surface area contributed by atoms with Gasteiger partial charge >= 0.3 is 0 Å². The van der Waals surface area contributed by atoms with Crippen molar-refractivity contribution in [3.63, 3.8) is 0 Å². The average molecular weight is 284 g/mol. The molecule has 4 nitrogen and oxygen atoms in total. The van der Waals surface area contributed by atoms with Gasteiger partial charge in [-0.2, -0.15) is 0 Å². The summed E-state index contributed by atoms with van der Waals surface area (Å²) >= 11 is 0.